The zero-order chi connectivity index (χ0) is 17.8. The van der Waals surface area contributed by atoms with Crippen LogP contribution in [0.25, 0.3) is 0 Å². The van der Waals surface area contributed by atoms with E-state index in [1.165, 1.54) is 7.11 Å². The molecule has 134 valence electrons. The van der Waals surface area contributed by atoms with Gasteiger partial charge in [-0.05, 0) is 50.4 Å². The third kappa shape index (κ3) is 2.56. The van der Waals surface area contributed by atoms with Crippen molar-refractivity contribution in [1.82, 2.24) is 0 Å². The fraction of sp³-hybridized carbons (Fsp3) is 0.812. The third-order valence-electron chi connectivity index (χ3n) is 5.80. The molecule has 0 amide bonds. The molecule has 0 aliphatic heterocycles. The van der Waals surface area contributed by atoms with E-state index in [0.29, 0.717) is 25.7 Å². The summed E-state index contributed by atoms with van der Waals surface area (Å²) in [7, 11) is 1.30. The number of carbonyl (C=O) groups is 3. The lowest BCUT2D eigenvalue weighted by atomic mass is 9.44. The molecule has 4 fully saturated rings. The Hall–Kier alpha value is -1.73. The van der Waals surface area contributed by atoms with E-state index in [1.54, 1.807) is 0 Å². The van der Waals surface area contributed by atoms with E-state index in [4.69, 9.17) is 4.74 Å². The molecule has 0 aromatic rings. The Kier molecular flexibility index (Phi) is 3.84. The van der Waals surface area contributed by atoms with E-state index in [2.05, 4.69) is 4.74 Å². The van der Waals surface area contributed by atoms with Crippen LogP contribution in [0.4, 0.5) is 8.78 Å². The Morgan fingerprint density at radius 3 is 2.04 bits per heavy atom. The molecule has 0 aromatic heterocycles. The van der Waals surface area contributed by atoms with E-state index in [9.17, 15) is 28.3 Å². The molecule has 0 spiro atoms. The van der Waals surface area contributed by atoms with Gasteiger partial charge >= 0.3 is 17.9 Å². The highest BCUT2D eigenvalue weighted by molar-refractivity contribution is 5.83. The molecule has 0 N–H and O–H groups in total. The van der Waals surface area contributed by atoms with Crippen molar-refractivity contribution in [2.24, 2.45) is 22.7 Å². The Morgan fingerprint density at radius 1 is 1.08 bits per heavy atom. The maximum Gasteiger partial charge on any atom is 0.320 e. The topological polar surface area (TPSA) is 92.7 Å². The average Bonchev–Trinajstić information content (AvgIpc) is 2.50. The van der Waals surface area contributed by atoms with Crippen molar-refractivity contribution in [3.05, 3.63) is 0 Å². The lowest BCUT2D eigenvalue weighted by Crippen LogP contribution is -2.58. The standard InChI is InChI=1S/C16H20F2O6/c1-23-12(21)14-3-9-2-10(4-14)6-15(5-9,7-14)13(22)24-8-16(17,18)11(19)20/h9-10H,2-8H2,1H3,(H,19,20)/p-1. The minimum Gasteiger partial charge on any atom is -0.544 e. The Balaban J connectivity index is 1.79. The van der Waals surface area contributed by atoms with Crippen LogP contribution in [-0.4, -0.2) is 37.5 Å². The van der Waals surface area contributed by atoms with Gasteiger partial charge in [0.25, 0.3) is 0 Å². The van der Waals surface area contributed by atoms with Gasteiger partial charge in [-0.25, -0.2) is 0 Å². The summed E-state index contributed by atoms with van der Waals surface area (Å²) in [5.41, 5.74) is -1.75. The first-order valence-corrected chi connectivity index (χ1v) is 7.97. The first kappa shape index (κ1) is 17.1. The molecule has 2 atom stereocenters. The number of halogens is 2. The van der Waals surface area contributed by atoms with E-state index in [0.717, 1.165) is 6.42 Å². The van der Waals surface area contributed by atoms with Gasteiger partial charge in [0.2, 0.25) is 0 Å². The van der Waals surface area contributed by atoms with Crippen LogP contribution in [-0.2, 0) is 23.9 Å². The lowest BCUT2D eigenvalue weighted by Gasteiger charge is -2.59. The van der Waals surface area contributed by atoms with Crippen LogP contribution in [0.1, 0.15) is 38.5 Å². The summed E-state index contributed by atoms with van der Waals surface area (Å²) in [6.45, 7) is -1.55. The molecule has 6 nitrogen and oxygen atoms in total. The maximum atomic E-state index is 13.1. The molecule has 8 heteroatoms. The summed E-state index contributed by atoms with van der Waals surface area (Å²) in [4.78, 5) is 35.1. The predicted molar refractivity (Wildman–Crippen MR) is 72.5 cm³/mol. The van der Waals surface area contributed by atoms with Gasteiger partial charge in [-0.1, -0.05) is 0 Å². The second-order valence-corrected chi connectivity index (χ2v) is 7.58. The maximum absolute atomic E-state index is 13.1. The van der Waals surface area contributed by atoms with Gasteiger partial charge in [0.15, 0.2) is 6.61 Å². The van der Waals surface area contributed by atoms with Crippen molar-refractivity contribution in [3.8, 4) is 0 Å². The molecule has 0 radical (unpaired) electrons. The largest absolute Gasteiger partial charge is 0.544 e. The van der Waals surface area contributed by atoms with Gasteiger partial charge in [0, 0.05) is 0 Å². The first-order valence-electron chi connectivity index (χ1n) is 7.97. The average molecular weight is 345 g/mol. The number of carboxylic acid groups (broad SMARTS) is 1. The van der Waals surface area contributed by atoms with Crippen LogP contribution in [0.15, 0.2) is 0 Å². The summed E-state index contributed by atoms with van der Waals surface area (Å²) in [6.07, 6.45) is 3.37. The molecule has 4 saturated carbocycles. The van der Waals surface area contributed by atoms with Crippen LogP contribution in [0.2, 0.25) is 0 Å². The van der Waals surface area contributed by atoms with E-state index >= 15 is 0 Å². The molecule has 2 unspecified atom stereocenters. The number of hydrogen-bond donors (Lipinski definition) is 0. The zero-order valence-corrected chi connectivity index (χ0v) is 13.3. The van der Waals surface area contributed by atoms with E-state index in [-0.39, 0.29) is 24.2 Å². The summed E-state index contributed by atoms with van der Waals surface area (Å²) in [5.74, 6) is -7.71. The highest BCUT2D eigenvalue weighted by Gasteiger charge is 2.64. The van der Waals surface area contributed by atoms with Crippen molar-refractivity contribution in [2.75, 3.05) is 13.7 Å². The van der Waals surface area contributed by atoms with Gasteiger partial charge in [-0.2, -0.15) is 8.78 Å². The van der Waals surface area contributed by atoms with E-state index in [1.807, 2.05) is 0 Å². The normalized spacial score (nSPS) is 37.1. The third-order valence-corrected chi connectivity index (χ3v) is 5.80. The molecule has 0 aromatic carbocycles. The number of carbonyl (C=O) groups excluding carboxylic acids is 3. The Bertz CT molecular complexity index is 573. The predicted octanol–water partition coefficient (Wildman–Crippen LogP) is 0.674. The van der Waals surface area contributed by atoms with Crippen molar-refractivity contribution in [2.45, 2.75) is 44.4 Å². The van der Waals surface area contributed by atoms with Crippen LogP contribution in [0, 0.1) is 22.7 Å². The van der Waals surface area contributed by atoms with E-state index < -0.39 is 35.3 Å². The molecule has 0 saturated heterocycles. The second-order valence-electron chi connectivity index (χ2n) is 7.58. The number of aliphatic carboxylic acids is 1. The fourth-order valence-electron chi connectivity index (χ4n) is 5.32. The van der Waals surface area contributed by atoms with Gasteiger partial charge < -0.3 is 19.4 Å². The van der Waals surface area contributed by atoms with Crippen LogP contribution in [0.3, 0.4) is 0 Å². The van der Waals surface area contributed by atoms with Crippen molar-refractivity contribution < 1.29 is 37.7 Å². The quantitative estimate of drug-likeness (QED) is 0.680. The molecule has 4 aliphatic carbocycles. The molecule has 24 heavy (non-hydrogen) atoms. The Morgan fingerprint density at radius 2 is 1.58 bits per heavy atom. The smallest absolute Gasteiger partial charge is 0.320 e. The number of ether oxygens (including phenoxy) is 2. The van der Waals surface area contributed by atoms with Crippen LogP contribution < -0.4 is 5.11 Å². The fourth-order valence-corrected chi connectivity index (χ4v) is 5.32. The van der Waals surface area contributed by atoms with Crippen molar-refractivity contribution >= 4 is 17.9 Å². The number of hydrogen-bond acceptors (Lipinski definition) is 6. The minimum absolute atomic E-state index is 0.152. The number of methoxy groups -OCH3 is 1. The SMILES string of the molecule is COC(=O)C12CC3CC(C1)CC(C(=O)OCC(F)(F)C(=O)[O-])(C3)C2. The summed E-state index contributed by atoms with van der Waals surface area (Å²) in [5, 5.41) is 10.3. The molecule has 4 rings (SSSR count). The molecular weight excluding hydrogens is 326 g/mol. The molecular formula is C16H19F2O6-. The molecule has 0 heterocycles. The van der Waals surface area contributed by atoms with Crippen molar-refractivity contribution in [1.29, 1.82) is 0 Å². The van der Waals surface area contributed by atoms with Gasteiger partial charge in [-0.15, -0.1) is 0 Å². The Labute approximate surface area is 137 Å². The highest BCUT2D eigenvalue weighted by atomic mass is 19.3. The summed E-state index contributed by atoms with van der Waals surface area (Å²) >= 11 is 0. The first-order chi connectivity index (χ1) is 11.1. The van der Waals surface area contributed by atoms with Gasteiger partial charge in [-0.3, -0.25) is 9.59 Å². The zero-order valence-electron chi connectivity index (χ0n) is 13.3. The number of alkyl halides is 2. The summed E-state index contributed by atoms with van der Waals surface area (Å²) in [6, 6.07) is 0. The van der Waals surface area contributed by atoms with Crippen LogP contribution >= 0.6 is 0 Å². The van der Waals surface area contributed by atoms with Crippen LogP contribution in [0.5, 0.6) is 0 Å². The monoisotopic (exact) mass is 345 g/mol. The number of rotatable bonds is 5. The number of esters is 2. The second kappa shape index (κ2) is 5.39. The van der Waals surface area contributed by atoms with Crippen molar-refractivity contribution in [3.63, 3.8) is 0 Å². The van der Waals surface area contributed by atoms with Gasteiger partial charge in [0.1, 0.15) is 5.97 Å². The highest BCUT2D eigenvalue weighted by Crippen LogP contribution is 2.65. The lowest BCUT2D eigenvalue weighted by molar-refractivity contribution is -0.331. The molecule has 4 bridgehead atoms. The van der Waals surface area contributed by atoms with Gasteiger partial charge in [0.05, 0.1) is 17.9 Å². The molecule has 4 aliphatic rings. The summed E-state index contributed by atoms with van der Waals surface area (Å²) < 4.78 is 35.8. The number of carboxylic acids is 1. The minimum atomic E-state index is -4.22.